The highest BCUT2D eigenvalue weighted by atomic mass is 32.2. The average molecular weight is 415 g/mol. The molecule has 0 aliphatic heterocycles. The number of rotatable bonds is 6. The fourth-order valence-corrected chi connectivity index (χ4v) is 4.78. The van der Waals surface area contributed by atoms with Crippen molar-refractivity contribution in [2.24, 2.45) is 0 Å². The molecule has 0 aliphatic rings. The van der Waals surface area contributed by atoms with Crippen molar-refractivity contribution < 1.29 is 13.2 Å². The van der Waals surface area contributed by atoms with Crippen LogP contribution in [0, 0.1) is 13.8 Å². The van der Waals surface area contributed by atoms with Crippen LogP contribution < -0.4 is 5.32 Å². The Bertz CT molecular complexity index is 1050. The van der Waals surface area contributed by atoms with Crippen LogP contribution in [0.5, 0.6) is 0 Å². The van der Waals surface area contributed by atoms with Gasteiger partial charge in [0.25, 0.3) is 5.91 Å². The third-order valence-electron chi connectivity index (χ3n) is 4.46. The molecule has 0 spiro atoms. The predicted molar refractivity (Wildman–Crippen MR) is 113 cm³/mol. The summed E-state index contributed by atoms with van der Waals surface area (Å²) in [6.45, 7) is 4.23. The van der Waals surface area contributed by atoms with Crippen LogP contribution >= 0.6 is 11.3 Å². The summed E-state index contributed by atoms with van der Waals surface area (Å²) < 4.78 is 26.9. The van der Waals surface area contributed by atoms with Crippen molar-refractivity contribution >= 4 is 33.0 Å². The molecule has 1 N–H and O–H groups in total. The van der Waals surface area contributed by atoms with E-state index >= 15 is 0 Å². The Morgan fingerprint density at radius 3 is 2.25 bits per heavy atom. The first kappa shape index (κ1) is 20.3. The van der Waals surface area contributed by atoms with Crippen LogP contribution in [0.3, 0.4) is 0 Å². The van der Waals surface area contributed by atoms with Gasteiger partial charge in [0, 0.05) is 24.2 Å². The zero-order chi connectivity index (χ0) is 20.3. The molecule has 2 aromatic carbocycles. The number of carbonyl (C=O) groups is 1. The second-order valence-electron chi connectivity index (χ2n) is 6.58. The van der Waals surface area contributed by atoms with Gasteiger partial charge in [0.05, 0.1) is 9.77 Å². The van der Waals surface area contributed by atoms with Gasteiger partial charge in [-0.05, 0) is 55.3 Å². The molecule has 7 heteroatoms. The topological polar surface area (TPSA) is 66.5 Å². The second-order valence-corrected chi connectivity index (χ2v) is 9.88. The SMILES string of the molecule is Cc1cc(C(=O)Nc2ccc(S(=O)(=O)N(C)Cc3ccccc3)cc2)sc1C. The minimum Gasteiger partial charge on any atom is -0.321 e. The lowest BCUT2D eigenvalue weighted by atomic mass is 10.2. The number of carbonyl (C=O) groups excluding carboxylic acids is 1. The average Bonchev–Trinajstić information content (AvgIpc) is 3.02. The zero-order valence-electron chi connectivity index (χ0n) is 16.0. The zero-order valence-corrected chi connectivity index (χ0v) is 17.6. The summed E-state index contributed by atoms with van der Waals surface area (Å²) >= 11 is 1.44. The molecule has 0 saturated carbocycles. The van der Waals surface area contributed by atoms with Crippen LogP contribution in [-0.4, -0.2) is 25.7 Å². The Labute approximate surface area is 169 Å². The van der Waals surface area contributed by atoms with Crippen molar-refractivity contribution in [2.75, 3.05) is 12.4 Å². The van der Waals surface area contributed by atoms with Gasteiger partial charge in [-0.15, -0.1) is 11.3 Å². The third kappa shape index (κ3) is 4.49. The number of anilines is 1. The smallest absolute Gasteiger partial charge is 0.265 e. The Morgan fingerprint density at radius 1 is 1.04 bits per heavy atom. The van der Waals surface area contributed by atoms with Crippen molar-refractivity contribution in [1.29, 1.82) is 0 Å². The number of thiophene rings is 1. The molecule has 0 saturated heterocycles. The normalized spacial score (nSPS) is 11.6. The van der Waals surface area contributed by atoms with Gasteiger partial charge in [0.15, 0.2) is 0 Å². The molecule has 0 radical (unpaired) electrons. The molecule has 3 aromatic rings. The molecule has 0 fully saturated rings. The summed E-state index contributed by atoms with van der Waals surface area (Å²) in [5.74, 6) is -0.196. The molecule has 5 nitrogen and oxygen atoms in total. The van der Waals surface area contributed by atoms with Crippen LogP contribution in [0.25, 0.3) is 0 Å². The molecule has 146 valence electrons. The highest BCUT2D eigenvalue weighted by Crippen LogP contribution is 2.23. The van der Waals surface area contributed by atoms with Crippen LogP contribution in [0.15, 0.2) is 65.6 Å². The number of amides is 1. The minimum atomic E-state index is -3.61. The van der Waals surface area contributed by atoms with Crippen LogP contribution in [-0.2, 0) is 16.6 Å². The Balaban J connectivity index is 1.71. The molecule has 3 rings (SSSR count). The lowest BCUT2D eigenvalue weighted by Crippen LogP contribution is -2.26. The van der Waals surface area contributed by atoms with Crippen LogP contribution in [0.1, 0.15) is 25.7 Å². The van der Waals surface area contributed by atoms with Crippen molar-refractivity contribution in [3.8, 4) is 0 Å². The number of nitrogens with zero attached hydrogens (tertiary/aromatic N) is 1. The van der Waals surface area contributed by atoms with Gasteiger partial charge >= 0.3 is 0 Å². The summed E-state index contributed by atoms with van der Waals surface area (Å²) in [4.78, 5) is 14.3. The van der Waals surface area contributed by atoms with Crippen LogP contribution in [0.2, 0.25) is 0 Å². The molecule has 0 unspecified atom stereocenters. The molecule has 0 aliphatic carbocycles. The van der Waals surface area contributed by atoms with Gasteiger partial charge in [0.1, 0.15) is 0 Å². The number of nitrogens with one attached hydrogen (secondary N) is 1. The Hall–Kier alpha value is -2.48. The van der Waals surface area contributed by atoms with Gasteiger partial charge in [0.2, 0.25) is 10.0 Å². The van der Waals surface area contributed by atoms with Crippen molar-refractivity contribution in [3.63, 3.8) is 0 Å². The fraction of sp³-hybridized carbons (Fsp3) is 0.190. The molecule has 1 amide bonds. The first-order valence-electron chi connectivity index (χ1n) is 8.76. The van der Waals surface area contributed by atoms with Crippen molar-refractivity contribution in [1.82, 2.24) is 4.31 Å². The Morgan fingerprint density at radius 2 is 1.68 bits per heavy atom. The third-order valence-corrected chi connectivity index (χ3v) is 7.43. The highest BCUT2D eigenvalue weighted by Gasteiger charge is 2.21. The van der Waals surface area contributed by atoms with Gasteiger partial charge in [-0.25, -0.2) is 8.42 Å². The highest BCUT2D eigenvalue weighted by molar-refractivity contribution is 7.89. The van der Waals surface area contributed by atoms with Crippen molar-refractivity contribution in [2.45, 2.75) is 25.3 Å². The largest absolute Gasteiger partial charge is 0.321 e. The summed E-state index contributed by atoms with van der Waals surface area (Å²) in [5, 5.41) is 2.81. The number of benzene rings is 2. The summed E-state index contributed by atoms with van der Waals surface area (Å²) in [5.41, 5.74) is 2.55. The van der Waals surface area contributed by atoms with E-state index < -0.39 is 10.0 Å². The molecule has 1 aromatic heterocycles. The maximum Gasteiger partial charge on any atom is 0.265 e. The minimum absolute atomic E-state index is 0.187. The quantitative estimate of drug-likeness (QED) is 0.648. The van der Waals surface area contributed by atoms with E-state index in [1.165, 1.54) is 27.8 Å². The van der Waals surface area contributed by atoms with Gasteiger partial charge in [-0.3, -0.25) is 4.79 Å². The van der Waals surface area contributed by atoms with Gasteiger partial charge < -0.3 is 5.32 Å². The fourth-order valence-electron chi connectivity index (χ4n) is 2.69. The first-order valence-corrected chi connectivity index (χ1v) is 11.0. The monoisotopic (exact) mass is 414 g/mol. The first-order chi connectivity index (χ1) is 13.3. The molecule has 1 heterocycles. The summed E-state index contributed by atoms with van der Waals surface area (Å²) in [6, 6.07) is 17.5. The molecule has 28 heavy (non-hydrogen) atoms. The lowest BCUT2D eigenvalue weighted by molar-refractivity contribution is 0.103. The van der Waals surface area contributed by atoms with E-state index in [4.69, 9.17) is 0 Å². The summed E-state index contributed by atoms with van der Waals surface area (Å²) in [6.07, 6.45) is 0. The summed E-state index contributed by atoms with van der Waals surface area (Å²) in [7, 11) is -2.06. The molecule has 0 bridgehead atoms. The van der Waals surface area contributed by atoms with E-state index in [-0.39, 0.29) is 10.8 Å². The lowest BCUT2D eigenvalue weighted by Gasteiger charge is -2.17. The number of hydrogen-bond acceptors (Lipinski definition) is 4. The standard InChI is InChI=1S/C21H22N2O3S2/c1-15-13-20(27-16(15)2)21(24)22-18-9-11-19(12-10-18)28(25,26)23(3)14-17-7-5-4-6-8-17/h4-13H,14H2,1-3H3,(H,22,24). The van der Waals surface area contributed by atoms with E-state index in [1.807, 2.05) is 50.2 Å². The van der Waals surface area contributed by atoms with Crippen molar-refractivity contribution in [3.05, 3.63) is 81.5 Å². The second kappa shape index (κ2) is 8.26. The van der Waals surface area contributed by atoms with E-state index in [1.54, 1.807) is 19.2 Å². The number of sulfonamides is 1. The molecule has 0 atom stereocenters. The maximum absolute atomic E-state index is 12.8. The van der Waals surface area contributed by atoms with E-state index in [2.05, 4.69) is 5.32 Å². The predicted octanol–water partition coefficient (Wildman–Crippen LogP) is 4.44. The van der Waals surface area contributed by atoms with Gasteiger partial charge in [-0.2, -0.15) is 4.31 Å². The number of hydrogen-bond donors (Lipinski definition) is 1. The number of aryl methyl sites for hydroxylation is 2. The van der Waals surface area contributed by atoms with Crippen LogP contribution in [0.4, 0.5) is 5.69 Å². The molecular formula is C21H22N2O3S2. The Kier molecular flexibility index (Phi) is 5.98. The van der Waals surface area contributed by atoms with E-state index in [0.717, 1.165) is 16.0 Å². The maximum atomic E-state index is 12.8. The van der Waals surface area contributed by atoms with E-state index in [9.17, 15) is 13.2 Å². The molecular weight excluding hydrogens is 392 g/mol. The van der Waals surface area contributed by atoms with E-state index in [0.29, 0.717) is 17.1 Å². The van der Waals surface area contributed by atoms with Gasteiger partial charge in [-0.1, -0.05) is 30.3 Å².